The van der Waals surface area contributed by atoms with Gasteiger partial charge in [0.1, 0.15) is 12.4 Å². The molecule has 1 saturated heterocycles. The molecule has 0 radical (unpaired) electrons. The Morgan fingerprint density at radius 3 is 2.62 bits per heavy atom. The Hall–Kier alpha value is -0.810. The molecule has 0 saturated carbocycles. The molecule has 1 aromatic rings. The van der Waals surface area contributed by atoms with Gasteiger partial charge in [0.2, 0.25) is 0 Å². The summed E-state index contributed by atoms with van der Waals surface area (Å²) in [5.74, 6) is 0.776. The Balaban J connectivity index is 1.80. The molecule has 1 fully saturated rings. The van der Waals surface area contributed by atoms with Crippen molar-refractivity contribution in [3.63, 3.8) is 0 Å². The Morgan fingerprint density at radius 2 is 2.00 bits per heavy atom. The molecule has 0 spiro atoms. The molecule has 5 heteroatoms. The second kappa shape index (κ2) is 7.99. The van der Waals surface area contributed by atoms with Gasteiger partial charge in [-0.25, -0.2) is 0 Å². The second-order valence-electron chi connectivity index (χ2n) is 5.69. The quantitative estimate of drug-likeness (QED) is 0.872. The molecule has 0 aliphatic carbocycles. The first-order valence-electron chi connectivity index (χ1n) is 7.60. The van der Waals surface area contributed by atoms with E-state index in [4.69, 9.17) is 16.3 Å². The van der Waals surface area contributed by atoms with Crippen molar-refractivity contribution in [2.24, 2.45) is 0 Å². The van der Waals surface area contributed by atoms with Crippen molar-refractivity contribution in [2.45, 2.75) is 13.0 Å². The van der Waals surface area contributed by atoms with Crippen molar-refractivity contribution in [3.8, 4) is 5.75 Å². The van der Waals surface area contributed by atoms with Crippen LogP contribution in [0.25, 0.3) is 0 Å². The Kier molecular flexibility index (Phi) is 6.30. The summed E-state index contributed by atoms with van der Waals surface area (Å²) in [7, 11) is 4.11. The van der Waals surface area contributed by atoms with E-state index < -0.39 is 0 Å². The number of nitrogens with one attached hydrogen (secondary N) is 1. The second-order valence-corrected chi connectivity index (χ2v) is 6.10. The molecule has 0 bridgehead atoms. The van der Waals surface area contributed by atoms with Crippen LogP contribution in [-0.4, -0.2) is 63.2 Å². The smallest absolute Gasteiger partial charge is 0.137 e. The van der Waals surface area contributed by atoms with Crippen molar-refractivity contribution in [1.29, 1.82) is 0 Å². The largest absolute Gasteiger partial charge is 0.491 e. The van der Waals surface area contributed by atoms with Gasteiger partial charge in [0, 0.05) is 38.8 Å². The normalized spacial score (nSPS) is 18.7. The summed E-state index contributed by atoms with van der Waals surface area (Å²) >= 11 is 6.30. The maximum atomic E-state index is 6.30. The third-order valence-corrected chi connectivity index (χ3v) is 4.45. The van der Waals surface area contributed by atoms with Crippen LogP contribution in [0.3, 0.4) is 0 Å². The number of halogens is 1. The topological polar surface area (TPSA) is 27.7 Å². The van der Waals surface area contributed by atoms with Gasteiger partial charge >= 0.3 is 0 Å². The van der Waals surface area contributed by atoms with Crippen molar-refractivity contribution in [1.82, 2.24) is 15.1 Å². The first kappa shape index (κ1) is 16.6. The Labute approximate surface area is 133 Å². The van der Waals surface area contributed by atoms with Crippen LogP contribution in [0.1, 0.15) is 18.5 Å². The molecule has 118 valence electrons. The number of hydrogen-bond donors (Lipinski definition) is 1. The average Bonchev–Trinajstić information content (AvgIpc) is 2.50. The van der Waals surface area contributed by atoms with Crippen LogP contribution < -0.4 is 10.1 Å². The molecule has 1 heterocycles. The molecule has 1 unspecified atom stereocenters. The molecular formula is C16H26ClN3O. The van der Waals surface area contributed by atoms with Gasteiger partial charge in [0.25, 0.3) is 0 Å². The number of ether oxygens (including phenoxy) is 1. The minimum atomic E-state index is 0.293. The molecule has 0 aromatic heterocycles. The van der Waals surface area contributed by atoms with Crippen molar-refractivity contribution < 1.29 is 4.74 Å². The van der Waals surface area contributed by atoms with Crippen LogP contribution in [-0.2, 0) is 0 Å². The van der Waals surface area contributed by atoms with E-state index in [1.165, 1.54) is 5.56 Å². The van der Waals surface area contributed by atoms with Crippen LogP contribution in [0.15, 0.2) is 18.2 Å². The average molecular weight is 312 g/mol. The van der Waals surface area contributed by atoms with Crippen molar-refractivity contribution in [2.75, 3.05) is 53.4 Å². The third kappa shape index (κ3) is 4.85. The summed E-state index contributed by atoms with van der Waals surface area (Å²) in [5.41, 5.74) is 1.17. The van der Waals surface area contributed by atoms with Gasteiger partial charge in [0.05, 0.1) is 5.02 Å². The summed E-state index contributed by atoms with van der Waals surface area (Å²) in [6.45, 7) is 8.26. The molecule has 1 N–H and O–H groups in total. The minimum absolute atomic E-state index is 0.293. The number of piperazine rings is 1. The minimum Gasteiger partial charge on any atom is -0.491 e. The SMILES string of the molecule is CNC(C)c1ccc(OCCN2CCN(C)CC2)c(Cl)c1. The first-order chi connectivity index (χ1) is 10.1. The highest BCUT2D eigenvalue weighted by Gasteiger charge is 2.13. The van der Waals surface area contributed by atoms with E-state index in [9.17, 15) is 0 Å². The van der Waals surface area contributed by atoms with Crippen molar-refractivity contribution >= 4 is 11.6 Å². The highest BCUT2D eigenvalue weighted by atomic mass is 35.5. The molecular weight excluding hydrogens is 286 g/mol. The van der Waals surface area contributed by atoms with Gasteiger partial charge in [-0.05, 0) is 38.7 Å². The number of rotatable bonds is 6. The monoisotopic (exact) mass is 311 g/mol. The lowest BCUT2D eigenvalue weighted by atomic mass is 10.1. The molecule has 1 atom stereocenters. The lowest BCUT2D eigenvalue weighted by molar-refractivity contribution is 0.134. The lowest BCUT2D eigenvalue weighted by Gasteiger charge is -2.32. The van der Waals surface area contributed by atoms with Gasteiger partial charge in [-0.1, -0.05) is 17.7 Å². The van der Waals surface area contributed by atoms with Crippen LogP contribution in [0.4, 0.5) is 0 Å². The van der Waals surface area contributed by atoms with E-state index in [0.29, 0.717) is 17.7 Å². The first-order valence-corrected chi connectivity index (χ1v) is 7.98. The van der Waals surface area contributed by atoms with Gasteiger partial charge in [-0.3, -0.25) is 4.90 Å². The third-order valence-electron chi connectivity index (χ3n) is 4.15. The maximum Gasteiger partial charge on any atom is 0.137 e. The molecule has 1 aliphatic heterocycles. The van der Waals surface area contributed by atoms with E-state index in [-0.39, 0.29) is 0 Å². The zero-order valence-electron chi connectivity index (χ0n) is 13.2. The van der Waals surface area contributed by atoms with E-state index in [2.05, 4.69) is 35.2 Å². The van der Waals surface area contributed by atoms with E-state index in [0.717, 1.165) is 38.5 Å². The molecule has 4 nitrogen and oxygen atoms in total. The van der Waals surface area contributed by atoms with Crippen LogP contribution in [0, 0.1) is 0 Å². The maximum absolute atomic E-state index is 6.30. The Morgan fingerprint density at radius 1 is 1.29 bits per heavy atom. The number of likely N-dealkylation sites (N-methyl/N-ethyl adjacent to an activating group) is 1. The molecule has 0 amide bonds. The lowest BCUT2D eigenvalue weighted by Crippen LogP contribution is -2.45. The van der Waals surface area contributed by atoms with Gasteiger partial charge in [0.15, 0.2) is 0 Å². The zero-order valence-corrected chi connectivity index (χ0v) is 14.0. The van der Waals surface area contributed by atoms with Gasteiger partial charge in [-0.2, -0.15) is 0 Å². The molecule has 2 rings (SSSR count). The van der Waals surface area contributed by atoms with E-state index >= 15 is 0 Å². The molecule has 21 heavy (non-hydrogen) atoms. The predicted molar refractivity (Wildman–Crippen MR) is 88.4 cm³/mol. The fourth-order valence-corrected chi connectivity index (χ4v) is 2.67. The molecule has 1 aliphatic rings. The Bertz CT molecular complexity index is 447. The highest BCUT2D eigenvalue weighted by molar-refractivity contribution is 6.32. The van der Waals surface area contributed by atoms with E-state index in [1.54, 1.807) is 0 Å². The van der Waals surface area contributed by atoms with E-state index in [1.807, 2.05) is 19.2 Å². The highest BCUT2D eigenvalue weighted by Crippen LogP contribution is 2.27. The zero-order chi connectivity index (χ0) is 15.2. The summed E-state index contributed by atoms with van der Waals surface area (Å²) < 4.78 is 5.83. The van der Waals surface area contributed by atoms with Gasteiger partial charge < -0.3 is 15.0 Å². The van der Waals surface area contributed by atoms with Crippen LogP contribution in [0.5, 0.6) is 5.75 Å². The summed E-state index contributed by atoms with van der Waals surface area (Å²) in [6, 6.07) is 6.31. The fourth-order valence-electron chi connectivity index (χ4n) is 2.43. The molecule has 1 aromatic carbocycles. The summed E-state index contributed by atoms with van der Waals surface area (Å²) in [4.78, 5) is 4.79. The summed E-state index contributed by atoms with van der Waals surface area (Å²) in [6.07, 6.45) is 0. The standard InChI is InChI=1S/C16H26ClN3O/c1-13(18-2)14-4-5-16(15(17)12-14)21-11-10-20-8-6-19(3)7-9-20/h4-5,12-13,18H,6-11H2,1-3H3. The number of benzene rings is 1. The number of nitrogens with zero attached hydrogens (tertiary/aromatic N) is 2. The van der Waals surface area contributed by atoms with Crippen molar-refractivity contribution in [3.05, 3.63) is 28.8 Å². The summed E-state index contributed by atoms with van der Waals surface area (Å²) in [5, 5.41) is 3.90. The van der Waals surface area contributed by atoms with Crippen LogP contribution in [0.2, 0.25) is 5.02 Å². The predicted octanol–water partition coefficient (Wildman–Crippen LogP) is 2.25. The van der Waals surface area contributed by atoms with Gasteiger partial charge in [-0.15, -0.1) is 0 Å². The number of hydrogen-bond acceptors (Lipinski definition) is 4. The fraction of sp³-hybridized carbons (Fsp3) is 0.625. The van der Waals surface area contributed by atoms with Crippen LogP contribution >= 0.6 is 11.6 Å².